The summed E-state index contributed by atoms with van der Waals surface area (Å²) in [5.74, 6) is 0.288. The molecule has 1 aliphatic rings. The molecule has 0 radical (unpaired) electrons. The van der Waals surface area contributed by atoms with Crippen molar-refractivity contribution in [3.8, 4) is 23.1 Å². The Kier molecular flexibility index (Phi) is 4.63. The lowest BCUT2D eigenvalue weighted by atomic mass is 10.0. The molecule has 1 N–H and O–H groups in total. The van der Waals surface area contributed by atoms with E-state index in [0.29, 0.717) is 16.4 Å². The summed E-state index contributed by atoms with van der Waals surface area (Å²) in [5.41, 5.74) is 4.77. The smallest absolute Gasteiger partial charge is 0.267 e. The molecule has 1 aliphatic carbocycles. The van der Waals surface area contributed by atoms with Gasteiger partial charge in [-0.2, -0.15) is 34.8 Å². The van der Waals surface area contributed by atoms with E-state index in [2.05, 4.69) is 41.1 Å². The summed E-state index contributed by atoms with van der Waals surface area (Å²) in [5, 5.41) is 29.3. The molecule has 1 fully saturated rings. The number of nitrogens with zero attached hydrogens (tertiary/aromatic N) is 9. The zero-order chi connectivity index (χ0) is 23.2. The van der Waals surface area contributed by atoms with Crippen LogP contribution in [-0.2, 0) is 7.05 Å². The van der Waals surface area contributed by atoms with Gasteiger partial charge in [0.2, 0.25) is 0 Å². The maximum absolute atomic E-state index is 13.3. The van der Waals surface area contributed by atoms with Crippen molar-refractivity contribution >= 4 is 34.2 Å². The molecular formula is C22H16N10OS. The number of carbonyl (C=O) groups is 1. The highest BCUT2D eigenvalue weighted by atomic mass is 32.1. The molecule has 0 atom stereocenters. The van der Waals surface area contributed by atoms with E-state index in [4.69, 9.17) is 0 Å². The lowest BCUT2D eigenvalue weighted by Crippen LogP contribution is -2.13. The Morgan fingerprint density at radius 2 is 2.06 bits per heavy atom. The normalized spacial score (nSPS) is 13.2. The van der Waals surface area contributed by atoms with Crippen LogP contribution in [0.1, 0.15) is 39.6 Å². The molecule has 6 rings (SSSR count). The standard InChI is InChI=1S/C22H16N10OS/c1-31-28-16-4-2-3-15(18(16)29-31)19-17(12-5-6-12)20(34-30-19)22(33)27-14-9-13(10-23)21(24-11-14)32-25-7-8-26-32/h2-4,7-9,11-12H,5-6H2,1H3,(H,27,33). The van der Waals surface area contributed by atoms with Crippen LogP contribution in [0.25, 0.3) is 28.1 Å². The van der Waals surface area contributed by atoms with Gasteiger partial charge >= 0.3 is 0 Å². The minimum Gasteiger partial charge on any atom is -0.320 e. The zero-order valence-electron chi connectivity index (χ0n) is 17.9. The summed E-state index contributed by atoms with van der Waals surface area (Å²) in [7, 11) is 1.78. The predicted molar refractivity (Wildman–Crippen MR) is 123 cm³/mol. The largest absolute Gasteiger partial charge is 0.320 e. The quantitative estimate of drug-likeness (QED) is 0.415. The first-order valence-electron chi connectivity index (χ1n) is 10.5. The summed E-state index contributed by atoms with van der Waals surface area (Å²) < 4.78 is 4.67. The third kappa shape index (κ3) is 3.39. The van der Waals surface area contributed by atoms with Crippen molar-refractivity contribution in [2.24, 2.45) is 7.05 Å². The number of fused-ring (bicyclic) bond motifs is 1. The summed E-state index contributed by atoms with van der Waals surface area (Å²) in [6.45, 7) is 0. The van der Waals surface area contributed by atoms with E-state index in [1.165, 1.54) is 39.7 Å². The Labute approximate surface area is 196 Å². The van der Waals surface area contributed by atoms with Crippen LogP contribution in [0.5, 0.6) is 0 Å². The number of nitrogens with one attached hydrogen (secondary N) is 1. The fourth-order valence-corrected chi connectivity index (χ4v) is 4.79. The maximum Gasteiger partial charge on any atom is 0.267 e. The number of aryl methyl sites for hydroxylation is 1. The van der Waals surface area contributed by atoms with Crippen LogP contribution in [0.15, 0.2) is 42.9 Å². The number of hydrogen-bond acceptors (Lipinski definition) is 9. The van der Waals surface area contributed by atoms with Crippen LogP contribution >= 0.6 is 11.5 Å². The highest BCUT2D eigenvalue weighted by molar-refractivity contribution is 7.08. The highest BCUT2D eigenvalue weighted by Gasteiger charge is 2.34. The molecule has 4 aromatic heterocycles. The van der Waals surface area contributed by atoms with Crippen LogP contribution in [0.2, 0.25) is 0 Å². The van der Waals surface area contributed by atoms with E-state index >= 15 is 0 Å². The molecule has 0 saturated heterocycles. The lowest BCUT2D eigenvalue weighted by molar-refractivity contribution is 0.102. The number of nitriles is 1. The van der Waals surface area contributed by atoms with Crippen LogP contribution < -0.4 is 5.32 Å². The van der Waals surface area contributed by atoms with Gasteiger partial charge in [0.1, 0.15) is 27.5 Å². The summed E-state index contributed by atoms with van der Waals surface area (Å²) in [6.07, 6.45) is 6.50. The molecular weight excluding hydrogens is 452 g/mol. The molecule has 166 valence electrons. The van der Waals surface area contributed by atoms with E-state index in [1.807, 2.05) is 18.2 Å². The van der Waals surface area contributed by atoms with Gasteiger partial charge in [0.05, 0.1) is 30.0 Å². The van der Waals surface area contributed by atoms with Gasteiger partial charge in [-0.05, 0) is 42.4 Å². The topological polar surface area (TPSA) is 140 Å². The molecule has 1 saturated carbocycles. The van der Waals surface area contributed by atoms with Crippen molar-refractivity contribution in [2.45, 2.75) is 18.8 Å². The average Bonchev–Trinajstić information content (AvgIpc) is 3.23. The van der Waals surface area contributed by atoms with Crippen LogP contribution in [0, 0.1) is 11.3 Å². The van der Waals surface area contributed by atoms with Gasteiger partial charge in [-0.15, -0.1) is 4.80 Å². The molecule has 1 amide bonds. The van der Waals surface area contributed by atoms with E-state index in [9.17, 15) is 10.1 Å². The van der Waals surface area contributed by atoms with Crippen molar-refractivity contribution in [2.75, 3.05) is 5.32 Å². The molecule has 0 spiro atoms. The van der Waals surface area contributed by atoms with E-state index in [1.54, 1.807) is 13.1 Å². The predicted octanol–water partition coefficient (Wildman–Crippen LogP) is 3.07. The Hall–Kier alpha value is -4.50. The second-order valence-electron chi connectivity index (χ2n) is 7.89. The zero-order valence-corrected chi connectivity index (χ0v) is 18.7. The Morgan fingerprint density at radius 3 is 2.82 bits per heavy atom. The summed E-state index contributed by atoms with van der Waals surface area (Å²) in [4.78, 5) is 20.9. The molecule has 4 heterocycles. The Bertz CT molecular complexity index is 1590. The molecule has 0 unspecified atom stereocenters. The number of anilines is 1. The van der Waals surface area contributed by atoms with E-state index in [0.717, 1.165) is 40.7 Å². The number of hydrogen-bond donors (Lipinski definition) is 1. The molecule has 5 aromatic rings. The first-order valence-corrected chi connectivity index (χ1v) is 11.3. The maximum atomic E-state index is 13.3. The van der Waals surface area contributed by atoms with E-state index < -0.39 is 0 Å². The van der Waals surface area contributed by atoms with Crippen molar-refractivity contribution < 1.29 is 4.79 Å². The van der Waals surface area contributed by atoms with Gasteiger partial charge in [-0.25, -0.2) is 4.98 Å². The van der Waals surface area contributed by atoms with Gasteiger partial charge in [-0.1, -0.05) is 12.1 Å². The molecule has 1 aromatic carbocycles. The fourth-order valence-electron chi connectivity index (χ4n) is 3.92. The van der Waals surface area contributed by atoms with Crippen molar-refractivity contribution in [3.05, 3.63) is 58.9 Å². The number of rotatable bonds is 5. The van der Waals surface area contributed by atoms with Gasteiger partial charge in [-0.3, -0.25) is 4.79 Å². The fraction of sp³-hybridized carbons (Fsp3) is 0.182. The SMILES string of the molecule is Cn1nc2cccc(-c3nsc(C(=O)Nc4cnc(-n5nccn5)c(C#N)c4)c3C3CC3)c2n1. The third-order valence-corrected chi connectivity index (χ3v) is 6.40. The lowest BCUT2D eigenvalue weighted by Gasteiger charge is -2.08. The molecule has 12 heteroatoms. The number of amides is 1. The second-order valence-corrected chi connectivity index (χ2v) is 8.66. The molecule has 0 bridgehead atoms. The van der Waals surface area contributed by atoms with Crippen LogP contribution in [0.4, 0.5) is 5.69 Å². The van der Waals surface area contributed by atoms with Crippen molar-refractivity contribution in [3.63, 3.8) is 0 Å². The van der Waals surface area contributed by atoms with Crippen molar-refractivity contribution in [1.82, 2.24) is 39.3 Å². The molecule has 11 nitrogen and oxygen atoms in total. The van der Waals surface area contributed by atoms with Gasteiger partial charge in [0.25, 0.3) is 5.91 Å². The molecule has 0 aliphatic heterocycles. The first kappa shape index (κ1) is 20.1. The number of aromatic nitrogens is 8. The summed E-state index contributed by atoms with van der Waals surface area (Å²) >= 11 is 1.17. The monoisotopic (exact) mass is 468 g/mol. The number of pyridine rings is 1. The minimum atomic E-state index is -0.285. The van der Waals surface area contributed by atoms with Crippen LogP contribution in [0.3, 0.4) is 0 Å². The van der Waals surface area contributed by atoms with Gasteiger partial charge < -0.3 is 5.32 Å². The minimum absolute atomic E-state index is 0.246. The Balaban J connectivity index is 1.36. The number of carbonyl (C=O) groups excluding carboxylic acids is 1. The van der Waals surface area contributed by atoms with E-state index in [-0.39, 0.29) is 17.4 Å². The molecule has 34 heavy (non-hydrogen) atoms. The highest BCUT2D eigenvalue weighted by Crippen LogP contribution is 2.48. The third-order valence-electron chi connectivity index (χ3n) is 5.54. The first-order chi connectivity index (χ1) is 16.6. The summed E-state index contributed by atoms with van der Waals surface area (Å²) in [6, 6.07) is 9.43. The van der Waals surface area contributed by atoms with Gasteiger partial charge in [0.15, 0.2) is 5.82 Å². The van der Waals surface area contributed by atoms with Gasteiger partial charge in [0, 0.05) is 18.2 Å². The Morgan fingerprint density at radius 1 is 1.24 bits per heavy atom. The number of benzene rings is 1. The van der Waals surface area contributed by atoms with Crippen molar-refractivity contribution in [1.29, 1.82) is 5.26 Å². The van der Waals surface area contributed by atoms with Crippen LogP contribution in [-0.4, -0.2) is 45.3 Å². The second kappa shape index (κ2) is 7.82. The average molecular weight is 469 g/mol.